The van der Waals surface area contributed by atoms with E-state index in [1.807, 2.05) is 0 Å². The average molecular weight is 263 g/mol. The highest BCUT2D eigenvalue weighted by Crippen LogP contribution is 2.18. The van der Waals surface area contributed by atoms with E-state index in [-0.39, 0.29) is 5.41 Å². The molecular weight excluding hydrogens is 234 g/mol. The molecule has 0 saturated carbocycles. The first-order valence-electron chi connectivity index (χ1n) is 7.06. The minimum absolute atomic E-state index is 0.180. The van der Waals surface area contributed by atoms with Crippen molar-refractivity contribution in [3.63, 3.8) is 0 Å². The number of rotatable bonds is 7. The van der Waals surface area contributed by atoms with Crippen molar-refractivity contribution in [1.29, 1.82) is 0 Å². The van der Waals surface area contributed by atoms with Crippen LogP contribution in [-0.2, 0) is 6.54 Å². The van der Waals surface area contributed by atoms with Gasteiger partial charge in [0.15, 0.2) is 0 Å². The first-order valence-corrected chi connectivity index (χ1v) is 7.06. The standard InChI is InChI=1S/C16H29N3/c1-6-19(13-16(2,3)12-17)11-14-7-9-15(10-8-14)18(4)5/h7-10H,6,11-13,17H2,1-5H3. The van der Waals surface area contributed by atoms with Gasteiger partial charge in [0.1, 0.15) is 0 Å². The molecule has 0 aromatic heterocycles. The minimum atomic E-state index is 0.180. The summed E-state index contributed by atoms with van der Waals surface area (Å²) in [6.07, 6.45) is 0. The average Bonchev–Trinajstić information content (AvgIpc) is 2.38. The van der Waals surface area contributed by atoms with E-state index in [0.29, 0.717) is 0 Å². The Bertz CT molecular complexity index is 368. The van der Waals surface area contributed by atoms with E-state index in [9.17, 15) is 0 Å². The lowest BCUT2D eigenvalue weighted by molar-refractivity contribution is 0.183. The lowest BCUT2D eigenvalue weighted by Gasteiger charge is -2.31. The van der Waals surface area contributed by atoms with Crippen LogP contribution in [0.15, 0.2) is 24.3 Å². The molecule has 0 aliphatic carbocycles. The smallest absolute Gasteiger partial charge is 0.0361 e. The predicted octanol–water partition coefficient (Wildman–Crippen LogP) is 2.56. The second-order valence-corrected chi connectivity index (χ2v) is 6.23. The molecule has 0 bridgehead atoms. The molecule has 0 saturated heterocycles. The Balaban J connectivity index is 2.65. The van der Waals surface area contributed by atoms with Gasteiger partial charge >= 0.3 is 0 Å². The number of nitrogens with two attached hydrogens (primary N) is 1. The van der Waals surface area contributed by atoms with Crippen molar-refractivity contribution in [2.45, 2.75) is 27.3 Å². The van der Waals surface area contributed by atoms with E-state index in [1.54, 1.807) is 0 Å². The summed E-state index contributed by atoms with van der Waals surface area (Å²) < 4.78 is 0. The van der Waals surface area contributed by atoms with Gasteiger partial charge in [0.2, 0.25) is 0 Å². The summed E-state index contributed by atoms with van der Waals surface area (Å²) in [5, 5.41) is 0. The van der Waals surface area contributed by atoms with Crippen LogP contribution in [0.5, 0.6) is 0 Å². The van der Waals surface area contributed by atoms with Crippen LogP contribution >= 0.6 is 0 Å². The first-order chi connectivity index (χ1) is 8.88. The fourth-order valence-electron chi connectivity index (χ4n) is 2.11. The molecule has 3 nitrogen and oxygen atoms in total. The van der Waals surface area contributed by atoms with Gasteiger partial charge in [-0.15, -0.1) is 0 Å². The quantitative estimate of drug-likeness (QED) is 0.820. The highest BCUT2D eigenvalue weighted by molar-refractivity contribution is 5.45. The third-order valence-electron chi connectivity index (χ3n) is 3.51. The number of anilines is 1. The molecule has 19 heavy (non-hydrogen) atoms. The summed E-state index contributed by atoms with van der Waals surface area (Å²) in [5.74, 6) is 0. The lowest BCUT2D eigenvalue weighted by atomic mass is 9.93. The monoisotopic (exact) mass is 263 g/mol. The van der Waals surface area contributed by atoms with Crippen LogP contribution in [0, 0.1) is 5.41 Å². The summed E-state index contributed by atoms with van der Waals surface area (Å²) in [4.78, 5) is 4.58. The van der Waals surface area contributed by atoms with Crippen molar-refractivity contribution in [2.75, 3.05) is 38.6 Å². The van der Waals surface area contributed by atoms with Gasteiger partial charge in [0.25, 0.3) is 0 Å². The van der Waals surface area contributed by atoms with Gasteiger partial charge in [-0.25, -0.2) is 0 Å². The number of nitrogens with zero attached hydrogens (tertiary/aromatic N) is 2. The Labute approximate surface area is 118 Å². The molecule has 1 aromatic carbocycles. The second kappa shape index (κ2) is 6.92. The zero-order chi connectivity index (χ0) is 14.5. The maximum absolute atomic E-state index is 5.82. The minimum Gasteiger partial charge on any atom is -0.378 e. The van der Waals surface area contributed by atoms with Crippen LogP contribution in [0.3, 0.4) is 0 Å². The molecule has 0 unspecified atom stereocenters. The summed E-state index contributed by atoms with van der Waals surface area (Å²) in [7, 11) is 4.13. The number of hydrogen-bond donors (Lipinski definition) is 1. The zero-order valence-electron chi connectivity index (χ0n) is 13.1. The third-order valence-corrected chi connectivity index (χ3v) is 3.51. The molecule has 108 valence electrons. The van der Waals surface area contributed by atoms with Gasteiger partial charge < -0.3 is 10.6 Å². The van der Waals surface area contributed by atoms with E-state index in [2.05, 4.69) is 68.9 Å². The van der Waals surface area contributed by atoms with E-state index in [1.165, 1.54) is 11.3 Å². The van der Waals surface area contributed by atoms with Crippen molar-refractivity contribution in [3.8, 4) is 0 Å². The van der Waals surface area contributed by atoms with Crippen molar-refractivity contribution in [3.05, 3.63) is 29.8 Å². The lowest BCUT2D eigenvalue weighted by Crippen LogP contribution is -2.38. The van der Waals surface area contributed by atoms with Gasteiger partial charge in [-0.3, -0.25) is 4.90 Å². The Morgan fingerprint density at radius 1 is 1.11 bits per heavy atom. The second-order valence-electron chi connectivity index (χ2n) is 6.23. The maximum Gasteiger partial charge on any atom is 0.0361 e. The van der Waals surface area contributed by atoms with Gasteiger partial charge in [0.05, 0.1) is 0 Å². The molecule has 0 amide bonds. The van der Waals surface area contributed by atoms with E-state index >= 15 is 0 Å². The van der Waals surface area contributed by atoms with Crippen LogP contribution in [0.1, 0.15) is 26.3 Å². The van der Waals surface area contributed by atoms with Crippen LogP contribution in [-0.4, -0.2) is 38.6 Å². The highest BCUT2D eigenvalue weighted by atomic mass is 15.1. The molecule has 0 heterocycles. The predicted molar refractivity (Wildman–Crippen MR) is 84.6 cm³/mol. The Kier molecular flexibility index (Phi) is 5.83. The van der Waals surface area contributed by atoms with E-state index in [0.717, 1.165) is 26.2 Å². The topological polar surface area (TPSA) is 32.5 Å². The third kappa shape index (κ3) is 5.21. The number of benzene rings is 1. The Morgan fingerprint density at radius 2 is 1.68 bits per heavy atom. The van der Waals surface area contributed by atoms with Crippen LogP contribution in [0.2, 0.25) is 0 Å². The molecule has 0 spiro atoms. The van der Waals surface area contributed by atoms with Gasteiger partial charge in [0, 0.05) is 32.9 Å². The molecule has 0 aliphatic rings. The SMILES string of the molecule is CCN(Cc1ccc(N(C)C)cc1)CC(C)(C)CN. The Morgan fingerprint density at radius 3 is 2.11 bits per heavy atom. The molecule has 1 aromatic rings. The fraction of sp³-hybridized carbons (Fsp3) is 0.625. The molecule has 0 aliphatic heterocycles. The van der Waals surface area contributed by atoms with E-state index in [4.69, 9.17) is 5.73 Å². The van der Waals surface area contributed by atoms with E-state index < -0.39 is 0 Å². The molecule has 2 N–H and O–H groups in total. The first kappa shape index (κ1) is 16.0. The van der Waals surface area contributed by atoms with Crippen molar-refractivity contribution >= 4 is 5.69 Å². The highest BCUT2D eigenvalue weighted by Gasteiger charge is 2.19. The van der Waals surface area contributed by atoms with Crippen molar-refractivity contribution < 1.29 is 0 Å². The largest absolute Gasteiger partial charge is 0.378 e. The van der Waals surface area contributed by atoms with Gasteiger partial charge in [-0.1, -0.05) is 32.9 Å². The maximum atomic E-state index is 5.82. The van der Waals surface area contributed by atoms with Crippen molar-refractivity contribution in [2.24, 2.45) is 11.1 Å². The summed E-state index contributed by atoms with van der Waals surface area (Å²) in [6.45, 7) is 10.5. The molecule has 0 fully saturated rings. The van der Waals surface area contributed by atoms with Crippen LogP contribution < -0.4 is 10.6 Å². The van der Waals surface area contributed by atoms with Crippen LogP contribution in [0.4, 0.5) is 5.69 Å². The Hall–Kier alpha value is -1.06. The summed E-state index contributed by atoms with van der Waals surface area (Å²) in [5.41, 5.74) is 8.61. The number of hydrogen-bond acceptors (Lipinski definition) is 3. The fourth-order valence-corrected chi connectivity index (χ4v) is 2.11. The zero-order valence-corrected chi connectivity index (χ0v) is 13.1. The summed E-state index contributed by atoms with van der Waals surface area (Å²) in [6, 6.07) is 8.79. The molecule has 1 rings (SSSR count). The summed E-state index contributed by atoms with van der Waals surface area (Å²) >= 11 is 0. The molecular formula is C16H29N3. The van der Waals surface area contributed by atoms with Crippen molar-refractivity contribution in [1.82, 2.24) is 4.90 Å². The molecule has 0 radical (unpaired) electrons. The molecule has 0 atom stereocenters. The van der Waals surface area contributed by atoms with Crippen LogP contribution in [0.25, 0.3) is 0 Å². The normalized spacial score (nSPS) is 11.9. The van der Waals surface area contributed by atoms with Gasteiger partial charge in [-0.05, 0) is 36.2 Å². The molecule has 3 heteroatoms. The van der Waals surface area contributed by atoms with Gasteiger partial charge in [-0.2, -0.15) is 0 Å².